The lowest BCUT2D eigenvalue weighted by Crippen LogP contribution is -2.25. The second-order valence-electron chi connectivity index (χ2n) is 24.1. The van der Waals surface area contributed by atoms with E-state index < -0.39 is 0 Å². The summed E-state index contributed by atoms with van der Waals surface area (Å²) in [6.45, 7) is 33.5. The molecule has 70 heavy (non-hydrogen) atoms. The molecule has 0 fully saturated rings. The van der Waals surface area contributed by atoms with Crippen LogP contribution in [-0.4, -0.2) is 36.5 Å². The molecule has 6 aromatic rings. The summed E-state index contributed by atoms with van der Waals surface area (Å²) >= 11 is 0. The van der Waals surface area contributed by atoms with Crippen molar-refractivity contribution in [3.8, 4) is 23.0 Å². The van der Waals surface area contributed by atoms with Gasteiger partial charge in [-0.05, 0) is 113 Å². The second kappa shape index (κ2) is 21.0. The first kappa shape index (κ1) is 52.3. The van der Waals surface area contributed by atoms with Crippen LogP contribution in [0.15, 0.2) is 109 Å². The first-order valence-electron chi connectivity index (χ1n) is 25.7. The number of aromatic hydroxyl groups is 2. The van der Waals surface area contributed by atoms with E-state index in [0.29, 0.717) is 63.5 Å². The van der Waals surface area contributed by atoms with Crippen LogP contribution in [0.2, 0.25) is 0 Å². The Kier molecular flexibility index (Phi) is 15.7. The van der Waals surface area contributed by atoms with Gasteiger partial charge >= 0.3 is 0 Å². The first-order valence-corrected chi connectivity index (χ1v) is 25.7. The number of phenols is 2. The number of phenolic OH excluding ortho intramolecular Hbond substituents is 2. The first-order chi connectivity index (χ1) is 32.9. The summed E-state index contributed by atoms with van der Waals surface area (Å²) in [6, 6.07) is 39.3. The van der Waals surface area contributed by atoms with E-state index >= 15 is 0 Å². The van der Waals surface area contributed by atoms with Gasteiger partial charge in [-0.1, -0.05) is 192 Å². The zero-order valence-corrected chi connectivity index (χ0v) is 44.9. The number of nitrogens with one attached hydrogen (secondary N) is 2. The van der Waals surface area contributed by atoms with E-state index in [9.17, 15) is 10.2 Å². The van der Waals surface area contributed by atoms with Crippen LogP contribution < -0.4 is 20.1 Å². The van der Waals surface area contributed by atoms with Gasteiger partial charge in [-0.3, -0.25) is 0 Å². The minimum absolute atomic E-state index is 0.154. The average Bonchev–Trinajstić information content (AvgIpc) is 3.28. The van der Waals surface area contributed by atoms with E-state index in [1.165, 1.54) is 22.3 Å². The number of ether oxygens (including phenoxy) is 2. The Labute approximate surface area is 421 Å². The van der Waals surface area contributed by atoms with Gasteiger partial charge < -0.3 is 30.3 Å². The largest absolute Gasteiger partial charge is 0.507 e. The minimum atomic E-state index is -0.194. The lowest BCUT2D eigenvalue weighted by molar-refractivity contribution is 0.302. The second-order valence-corrected chi connectivity index (χ2v) is 24.1. The molecule has 7 rings (SSSR count). The Morgan fingerprint density at radius 1 is 0.400 bits per heavy atom. The number of hydrogen-bond acceptors (Lipinski definition) is 6. The van der Waals surface area contributed by atoms with Crippen molar-refractivity contribution < 1.29 is 19.7 Å². The Morgan fingerprint density at radius 3 is 0.886 bits per heavy atom. The monoisotopic (exact) mass is 943 g/mol. The zero-order chi connectivity index (χ0) is 50.8. The SMILES string of the molecule is C[C@@H](NCCOc1c2cc(C(C)(C)C)cc1Cc1cc(C(C)(C)C)cc(c1O)Cc1cc(C(C)(C)C)cc(c1OCCN[C@H](C)c1ccccc1)Cc1cc(C(C)(C)C)cc(c1O)C2)c1ccccc1. The topological polar surface area (TPSA) is 83.0 Å². The summed E-state index contributed by atoms with van der Waals surface area (Å²) in [7, 11) is 0. The molecular weight excluding hydrogens is 861 g/mol. The normalized spacial score (nSPS) is 14.3. The molecule has 0 aliphatic heterocycles. The van der Waals surface area contributed by atoms with Gasteiger partial charge in [-0.2, -0.15) is 0 Å². The highest BCUT2D eigenvalue weighted by molar-refractivity contribution is 5.59. The van der Waals surface area contributed by atoms with Gasteiger partial charge in [-0.25, -0.2) is 0 Å². The molecule has 0 spiro atoms. The third-order valence-corrected chi connectivity index (χ3v) is 14.2. The summed E-state index contributed by atoms with van der Waals surface area (Å²) < 4.78 is 14.0. The molecule has 6 nitrogen and oxygen atoms in total. The molecule has 1 aliphatic carbocycles. The lowest BCUT2D eigenvalue weighted by atomic mass is 9.79. The summed E-state index contributed by atoms with van der Waals surface area (Å²) in [6.07, 6.45) is 1.85. The third kappa shape index (κ3) is 12.7. The van der Waals surface area contributed by atoms with Crippen LogP contribution in [-0.2, 0) is 47.3 Å². The highest BCUT2D eigenvalue weighted by Crippen LogP contribution is 2.44. The van der Waals surface area contributed by atoms with E-state index in [0.717, 1.165) is 67.1 Å². The molecule has 4 N–H and O–H groups in total. The molecule has 1 aliphatic rings. The van der Waals surface area contributed by atoms with Crippen molar-refractivity contribution >= 4 is 0 Å². The van der Waals surface area contributed by atoms with Crippen molar-refractivity contribution in [2.75, 3.05) is 26.3 Å². The van der Waals surface area contributed by atoms with E-state index in [2.05, 4.69) is 205 Å². The molecule has 6 aromatic carbocycles. The van der Waals surface area contributed by atoms with Crippen LogP contribution >= 0.6 is 0 Å². The van der Waals surface area contributed by atoms with Crippen LogP contribution in [0.25, 0.3) is 0 Å². The average molecular weight is 943 g/mol. The van der Waals surface area contributed by atoms with Gasteiger partial charge in [-0.15, -0.1) is 0 Å². The number of hydrogen-bond donors (Lipinski definition) is 4. The molecule has 0 saturated heterocycles. The number of fused-ring (bicyclic) bond motifs is 8. The van der Waals surface area contributed by atoms with Crippen molar-refractivity contribution in [1.82, 2.24) is 10.6 Å². The maximum absolute atomic E-state index is 12.7. The molecule has 8 bridgehead atoms. The molecule has 0 amide bonds. The molecule has 0 heterocycles. The Morgan fingerprint density at radius 2 is 0.643 bits per heavy atom. The van der Waals surface area contributed by atoms with Crippen molar-refractivity contribution in [2.45, 2.75) is 156 Å². The van der Waals surface area contributed by atoms with Crippen molar-refractivity contribution in [3.05, 3.63) is 187 Å². The van der Waals surface area contributed by atoms with Gasteiger partial charge in [0.15, 0.2) is 0 Å². The molecule has 372 valence electrons. The molecule has 0 radical (unpaired) electrons. The van der Waals surface area contributed by atoms with Gasteiger partial charge in [0.2, 0.25) is 0 Å². The predicted octanol–water partition coefficient (Wildman–Crippen LogP) is 14.4. The molecule has 2 atom stereocenters. The standard InChI is InChI=1S/C64H82N2O4/c1-41(43-21-17-15-18-22-43)65-25-27-69-59-49-29-45-33-53(61(3,4)5)35-47(57(45)67)31-51-39-56(64(12,13)14)40-52(60(51)70-28-26-66-42(2)44-23-19-16-20-24-44)32-48-36-54(62(6,7)8)34-46(58(48)68)30-50(59)38-55(37-49)63(9,10)11/h15-24,33-42,65-68H,25-32H2,1-14H3/t41-,42-/m1/s1. The third-order valence-electron chi connectivity index (χ3n) is 14.2. The van der Waals surface area contributed by atoms with E-state index in [1.807, 2.05) is 12.1 Å². The quantitative estimate of drug-likeness (QED) is 0.0914. The van der Waals surface area contributed by atoms with Crippen molar-refractivity contribution in [1.29, 1.82) is 0 Å². The van der Waals surface area contributed by atoms with Crippen LogP contribution in [0.3, 0.4) is 0 Å². The summed E-state index contributed by atoms with van der Waals surface area (Å²) in [5.74, 6) is 2.22. The minimum Gasteiger partial charge on any atom is -0.507 e. The fraction of sp³-hybridized carbons (Fsp3) is 0.438. The van der Waals surface area contributed by atoms with E-state index in [1.54, 1.807) is 0 Å². The Hall–Kier alpha value is -5.56. The molecule has 6 heteroatoms. The summed E-state index contributed by atoms with van der Waals surface area (Å²) in [5, 5.41) is 32.8. The van der Waals surface area contributed by atoms with Gasteiger partial charge in [0.1, 0.15) is 36.2 Å². The molecule has 0 saturated carbocycles. The van der Waals surface area contributed by atoms with Crippen LogP contribution in [0, 0.1) is 0 Å². The molecule has 0 unspecified atom stereocenters. The van der Waals surface area contributed by atoms with Crippen molar-refractivity contribution in [2.24, 2.45) is 0 Å². The van der Waals surface area contributed by atoms with E-state index in [4.69, 9.17) is 9.47 Å². The number of rotatable bonds is 12. The maximum Gasteiger partial charge on any atom is 0.126 e. The molecule has 0 aromatic heterocycles. The highest BCUT2D eigenvalue weighted by atomic mass is 16.5. The highest BCUT2D eigenvalue weighted by Gasteiger charge is 2.29. The van der Waals surface area contributed by atoms with Gasteiger partial charge in [0, 0.05) is 50.9 Å². The number of benzene rings is 6. The summed E-state index contributed by atoms with van der Waals surface area (Å²) in [5.41, 5.74) is 13.9. The predicted molar refractivity (Wildman–Crippen MR) is 292 cm³/mol. The zero-order valence-electron chi connectivity index (χ0n) is 44.9. The van der Waals surface area contributed by atoms with Crippen molar-refractivity contribution in [3.63, 3.8) is 0 Å². The Balaban J connectivity index is 1.43. The van der Waals surface area contributed by atoms with Crippen LogP contribution in [0.1, 0.15) is 187 Å². The fourth-order valence-electron chi connectivity index (χ4n) is 9.59. The lowest BCUT2D eigenvalue weighted by Gasteiger charge is -2.28. The fourth-order valence-corrected chi connectivity index (χ4v) is 9.59. The van der Waals surface area contributed by atoms with E-state index in [-0.39, 0.29) is 33.7 Å². The maximum atomic E-state index is 12.7. The van der Waals surface area contributed by atoms with Gasteiger partial charge in [0.05, 0.1) is 0 Å². The smallest absolute Gasteiger partial charge is 0.126 e. The van der Waals surface area contributed by atoms with Crippen LogP contribution in [0.5, 0.6) is 23.0 Å². The van der Waals surface area contributed by atoms with Crippen LogP contribution in [0.4, 0.5) is 0 Å². The Bertz CT molecular complexity index is 2460. The van der Waals surface area contributed by atoms with Gasteiger partial charge in [0.25, 0.3) is 0 Å². The summed E-state index contributed by atoms with van der Waals surface area (Å²) in [4.78, 5) is 0. The molecular formula is C64H82N2O4.